The topological polar surface area (TPSA) is 436 Å². The van der Waals surface area contributed by atoms with Gasteiger partial charge in [0.25, 0.3) is 17.0 Å². The summed E-state index contributed by atoms with van der Waals surface area (Å²) in [6.07, 6.45) is -10.8. The minimum atomic E-state index is -4.45. The number of carbonyl (C=O) groups is 2. The molecule has 5 saturated heterocycles. The number of nitrogens with zero attached hydrogens (tertiary/aromatic N) is 5. The second-order valence-electron chi connectivity index (χ2n) is 19.0. The molecule has 40 heteroatoms. The smallest absolute Gasteiger partial charge is 0.330 e. The van der Waals surface area contributed by atoms with E-state index in [9.17, 15) is 48.6 Å². The van der Waals surface area contributed by atoms with Gasteiger partial charge in [0.1, 0.15) is 55.1 Å². The number of H-pyrrole nitrogens is 2. The van der Waals surface area contributed by atoms with Gasteiger partial charge in [-0.25, -0.2) is 19.4 Å². The van der Waals surface area contributed by atoms with Crippen LogP contribution in [0.2, 0.25) is 0 Å². The third-order valence-corrected chi connectivity index (χ3v) is 18.4. The molecule has 3 aromatic heterocycles. The van der Waals surface area contributed by atoms with Crippen LogP contribution in [0.25, 0.3) is 0 Å². The number of nitrogens with one attached hydrogen (secondary N) is 5. The molecule has 79 heavy (non-hydrogen) atoms. The molecule has 0 aromatic carbocycles. The highest BCUT2D eigenvalue weighted by atomic mass is 32.5. The molecular formula is C39H58N12O21P4S3. The van der Waals surface area contributed by atoms with Crippen LogP contribution >= 0.6 is 29.6 Å². The van der Waals surface area contributed by atoms with E-state index >= 15 is 0 Å². The average molecular weight is 1250 g/mol. The summed E-state index contributed by atoms with van der Waals surface area (Å²) < 4.78 is 68.6. The summed E-state index contributed by atoms with van der Waals surface area (Å²) in [7, 11) is 2.09. The van der Waals surface area contributed by atoms with Crippen molar-refractivity contribution in [1.82, 2.24) is 44.2 Å². The maximum absolute atomic E-state index is 13.0. The fourth-order valence-corrected chi connectivity index (χ4v) is 14.1. The summed E-state index contributed by atoms with van der Waals surface area (Å²) >= 11 is 16.4. The molecule has 0 spiro atoms. The molecule has 9 heterocycles. The molecule has 3 amide bonds. The van der Waals surface area contributed by atoms with Crippen molar-refractivity contribution in [3.63, 3.8) is 0 Å². The number of aryl methyl sites for hydroxylation is 2. The second kappa shape index (κ2) is 24.6. The molecule has 13 N–H and O–H groups in total. The second-order valence-corrected chi connectivity index (χ2v) is 27.7. The molecule has 3 aromatic rings. The normalized spacial score (nSPS) is 33.2. The Morgan fingerprint density at radius 1 is 0.671 bits per heavy atom. The van der Waals surface area contributed by atoms with Crippen LogP contribution in [0.5, 0.6) is 0 Å². The van der Waals surface area contributed by atoms with Gasteiger partial charge in [-0.15, -0.1) is 0 Å². The zero-order valence-corrected chi connectivity index (χ0v) is 47.9. The van der Waals surface area contributed by atoms with E-state index in [1.54, 1.807) is 0 Å². The molecule has 438 valence electrons. The number of carbonyl (C=O) groups excluding carboxylic acids is 2. The first-order valence-electron chi connectivity index (χ1n) is 24.2. The molecular weight excluding hydrogens is 1190 g/mol. The van der Waals surface area contributed by atoms with Gasteiger partial charge in [0.05, 0.1) is 63.3 Å². The first-order chi connectivity index (χ1) is 37.3. The number of anilines is 1. The molecule has 6 aliphatic heterocycles. The maximum atomic E-state index is 13.0. The largest absolute Gasteiger partial charge is 0.390 e. The van der Waals surface area contributed by atoms with Crippen molar-refractivity contribution in [3.8, 4) is 0 Å². The Labute approximate surface area is 464 Å². The van der Waals surface area contributed by atoms with Crippen molar-refractivity contribution >= 4 is 82.8 Å². The number of hydrogen-bond donors (Lipinski definition) is 11. The maximum Gasteiger partial charge on any atom is 0.330 e. The Kier molecular flexibility index (Phi) is 18.8. The SMILES string of the molecule is Cc1cn([C@H]2CC(O)[C@@H](COP(O)(=S)OC3C[C@H](n4cc(C)c(=O)[nH]c4=O)O[C@@H]3COP(O)(=S)O[C@@H]3C[C@H](n4cnc5c4NC(N)NC5=O)O[C@@H]3COP(O)(=S)O[C@@H]3C[C@H](N4CCC(N)NC4=O)O[C@@H]3COP)O2)c(=O)[nH]c1=O. The lowest BCUT2D eigenvalue weighted by molar-refractivity contribution is -0.0633. The quantitative estimate of drug-likeness (QED) is 0.0500. The molecule has 9 rings (SSSR count). The Hall–Kier alpha value is -3.19. The molecule has 0 bridgehead atoms. The van der Waals surface area contributed by atoms with Gasteiger partial charge in [-0.05, 0) is 55.7 Å². The van der Waals surface area contributed by atoms with Crippen molar-refractivity contribution in [2.24, 2.45) is 11.5 Å². The van der Waals surface area contributed by atoms with Crippen LogP contribution in [0.1, 0.15) is 72.4 Å². The monoisotopic (exact) mass is 1250 g/mol. The number of ether oxygens (including phenoxy) is 4. The number of rotatable bonds is 21. The number of fused-ring (bicyclic) bond motifs is 1. The number of urea groups is 1. The number of hydrogen-bond acceptors (Lipinski definition) is 25. The standard InChI is InChI=1S/C39H58N12O21P4S3/c1-16-9-49(38(57)46-33(16)53)27-5-18(52)22(66-27)12-63-74(59,77)71-20-7-29(50-10-17(2)34(54)47-39(50)58)68-24(20)13-64-76(61,79)72-21-8-30(51-15-42-31-32(51)44-36(41)45-35(31)55)69-25(21)14-65-75(60,78)70-19-6-28(67-23(19)11-62-73)48-4-3-26(40)43-37(48)56/h9-10,15,18-30,36,44,52H,3-8,11-14,40-41,73H2,1-2H3,(H,43,56)(H,45,55)(H,59,77)(H,60,78)(H,61,79)(H,46,53,57)(H,47,54,58)/t18?,19-,20?,21-,22-,23-,24-,25-,26?,27-,28-,29-,30-,36?,74?,75?,76?/m1/s1. The third-order valence-electron chi connectivity index (χ3n) is 13.4. The molecule has 0 aliphatic carbocycles. The molecule has 6 aliphatic rings. The van der Waals surface area contributed by atoms with Gasteiger partial charge in [0.15, 0.2) is 12.0 Å². The van der Waals surface area contributed by atoms with E-state index in [4.69, 9.17) is 97.5 Å². The number of aromatic amines is 2. The highest BCUT2D eigenvalue weighted by molar-refractivity contribution is 8.07. The van der Waals surface area contributed by atoms with Crippen molar-refractivity contribution in [2.45, 2.75) is 132 Å². The Balaban J connectivity index is 0.891. The van der Waals surface area contributed by atoms with Crippen LogP contribution in [-0.4, -0.2) is 166 Å². The Bertz CT molecular complexity index is 3170. The lowest BCUT2D eigenvalue weighted by Gasteiger charge is -2.34. The van der Waals surface area contributed by atoms with E-state index in [1.807, 2.05) is 0 Å². The van der Waals surface area contributed by atoms with E-state index in [-0.39, 0.29) is 61.5 Å². The summed E-state index contributed by atoms with van der Waals surface area (Å²) in [5.41, 5.74) is 9.34. The van der Waals surface area contributed by atoms with E-state index in [2.05, 4.69) is 40.4 Å². The van der Waals surface area contributed by atoms with E-state index in [1.165, 1.54) is 42.0 Å². The van der Waals surface area contributed by atoms with E-state index in [0.29, 0.717) is 6.42 Å². The molecule has 18 atom stereocenters. The number of amides is 3. The average Bonchev–Trinajstić information content (AvgIpc) is 4.23. The third kappa shape index (κ3) is 14.3. The van der Waals surface area contributed by atoms with Gasteiger partial charge in [-0.3, -0.25) is 48.7 Å². The van der Waals surface area contributed by atoms with Gasteiger partial charge in [0, 0.05) is 65.2 Å². The first kappa shape index (κ1) is 60.4. The molecule has 0 radical (unpaired) electrons. The van der Waals surface area contributed by atoms with E-state index in [0.717, 1.165) is 9.13 Å². The molecule has 33 nitrogen and oxygen atoms in total. The summed E-state index contributed by atoms with van der Waals surface area (Å²) in [6.45, 7) is -11.5. The van der Waals surface area contributed by atoms with Crippen molar-refractivity contribution < 1.29 is 80.0 Å². The van der Waals surface area contributed by atoms with Crippen LogP contribution < -0.4 is 49.9 Å². The summed E-state index contributed by atoms with van der Waals surface area (Å²) in [5.74, 6) is -0.399. The van der Waals surface area contributed by atoms with Crippen molar-refractivity contribution in [2.75, 3.05) is 38.3 Å². The van der Waals surface area contributed by atoms with Gasteiger partial charge in [0.2, 0.25) is 0 Å². The summed E-state index contributed by atoms with van der Waals surface area (Å²) in [6, 6.07) is -0.454. The lowest BCUT2D eigenvalue weighted by atomic mass is 10.1. The summed E-state index contributed by atoms with van der Waals surface area (Å²) in [5, 5.41) is 18.9. The Morgan fingerprint density at radius 3 is 1.65 bits per heavy atom. The molecule has 0 saturated carbocycles. The number of imidazole rings is 1. The summed E-state index contributed by atoms with van der Waals surface area (Å²) in [4.78, 5) is 120. The Morgan fingerprint density at radius 2 is 1.13 bits per heavy atom. The molecule has 5 fully saturated rings. The number of aromatic nitrogens is 6. The van der Waals surface area contributed by atoms with Gasteiger partial charge in [-0.2, -0.15) is 0 Å². The number of aliphatic hydroxyl groups excluding tert-OH is 1. The van der Waals surface area contributed by atoms with Crippen LogP contribution in [0.15, 0.2) is 37.9 Å². The van der Waals surface area contributed by atoms with Crippen LogP contribution in [0.3, 0.4) is 0 Å². The minimum Gasteiger partial charge on any atom is -0.390 e. The van der Waals surface area contributed by atoms with Crippen molar-refractivity contribution in [1.29, 1.82) is 0 Å². The van der Waals surface area contributed by atoms with Gasteiger partial charge < -0.3 is 92.1 Å². The predicted octanol–water partition coefficient (Wildman–Crippen LogP) is -2.30. The fourth-order valence-electron chi connectivity index (χ4n) is 9.51. The zero-order valence-electron chi connectivity index (χ0n) is 41.6. The lowest BCUT2D eigenvalue weighted by Crippen LogP contribution is -2.58. The first-order valence-corrected chi connectivity index (χ1v) is 32.5. The highest BCUT2D eigenvalue weighted by Crippen LogP contribution is 2.54. The number of nitrogens with two attached hydrogens (primary N) is 2. The van der Waals surface area contributed by atoms with Crippen LogP contribution in [-0.2, 0) is 86.0 Å². The molecule has 8 unspecified atom stereocenters. The zero-order chi connectivity index (χ0) is 56.9. The minimum absolute atomic E-state index is 0.0122. The fraction of sp³-hybridized carbons (Fsp3) is 0.667. The predicted molar refractivity (Wildman–Crippen MR) is 284 cm³/mol. The van der Waals surface area contributed by atoms with Gasteiger partial charge in [-0.1, -0.05) is 0 Å². The van der Waals surface area contributed by atoms with Crippen molar-refractivity contribution in [3.05, 3.63) is 77.2 Å². The van der Waals surface area contributed by atoms with Crippen LogP contribution in [0, 0.1) is 13.8 Å². The van der Waals surface area contributed by atoms with E-state index < -0.39 is 161 Å². The van der Waals surface area contributed by atoms with Crippen LogP contribution in [0.4, 0.5) is 10.6 Å². The van der Waals surface area contributed by atoms with Gasteiger partial charge >= 0.3 is 37.6 Å². The highest BCUT2D eigenvalue weighted by Gasteiger charge is 2.48. The number of aliphatic hydroxyl groups is 1.